The predicted molar refractivity (Wildman–Crippen MR) is 49.8 cm³/mol. The van der Waals surface area contributed by atoms with Gasteiger partial charge in [-0.25, -0.2) is 0 Å². The molecule has 0 spiro atoms. The minimum Gasteiger partial charge on any atom is -0.481 e. The maximum absolute atomic E-state index is 10.4. The Kier molecular flexibility index (Phi) is 3.91. The second-order valence-corrected chi connectivity index (χ2v) is 3.73. The van der Waals surface area contributed by atoms with Crippen molar-refractivity contribution >= 4 is 13.1 Å². The first-order chi connectivity index (χ1) is 6.50. The summed E-state index contributed by atoms with van der Waals surface area (Å²) in [5.41, 5.74) is 0. The van der Waals surface area contributed by atoms with Gasteiger partial charge in [-0.3, -0.25) is 4.79 Å². The van der Waals surface area contributed by atoms with E-state index in [1.54, 1.807) is 6.92 Å². The molecule has 14 heavy (non-hydrogen) atoms. The van der Waals surface area contributed by atoms with Gasteiger partial charge < -0.3 is 19.9 Å². The van der Waals surface area contributed by atoms with E-state index in [0.717, 1.165) is 0 Å². The Morgan fingerprint density at radius 3 is 2.71 bits per heavy atom. The number of carboxylic acid groups (broad SMARTS) is 1. The molecule has 5 nitrogen and oxygen atoms in total. The zero-order valence-electron chi connectivity index (χ0n) is 8.09. The summed E-state index contributed by atoms with van der Waals surface area (Å²) in [5.74, 6) is -1.24. The lowest BCUT2D eigenvalue weighted by atomic mass is 9.64. The lowest BCUT2D eigenvalue weighted by Gasteiger charge is -2.31. The average Bonchev–Trinajstić information content (AvgIpc) is 2.01. The van der Waals surface area contributed by atoms with E-state index < -0.39 is 25.3 Å². The first-order valence-electron chi connectivity index (χ1n) is 4.74. The van der Waals surface area contributed by atoms with E-state index in [1.807, 2.05) is 0 Å². The molecule has 1 fully saturated rings. The average molecular weight is 202 g/mol. The molecule has 3 N–H and O–H groups in total. The van der Waals surface area contributed by atoms with E-state index in [9.17, 15) is 14.9 Å². The van der Waals surface area contributed by atoms with Crippen LogP contribution in [0.1, 0.15) is 26.2 Å². The van der Waals surface area contributed by atoms with Crippen molar-refractivity contribution in [1.82, 2.24) is 0 Å². The lowest BCUT2D eigenvalue weighted by Crippen LogP contribution is -2.40. The second-order valence-electron chi connectivity index (χ2n) is 3.73. The van der Waals surface area contributed by atoms with Gasteiger partial charge in [-0.2, -0.15) is 0 Å². The summed E-state index contributed by atoms with van der Waals surface area (Å²) >= 11 is 0. The highest BCUT2D eigenvalue weighted by molar-refractivity contribution is 6.45. The Hall–Kier alpha value is -0.585. The first kappa shape index (κ1) is 11.5. The molecule has 1 saturated heterocycles. The summed E-state index contributed by atoms with van der Waals surface area (Å²) in [4.78, 5) is 10.4. The highest BCUT2D eigenvalue weighted by Gasteiger charge is 2.38. The monoisotopic (exact) mass is 202 g/mol. The molecule has 0 unspecified atom stereocenters. The summed E-state index contributed by atoms with van der Waals surface area (Å²) < 4.78 is 5.09. The molecule has 1 aliphatic rings. The van der Waals surface area contributed by atoms with Crippen molar-refractivity contribution in [2.75, 3.05) is 0 Å². The molecular weight excluding hydrogens is 187 g/mol. The number of hydrogen-bond acceptors (Lipinski definition) is 4. The fourth-order valence-corrected chi connectivity index (χ4v) is 1.71. The minimum atomic E-state index is -1.05. The van der Waals surface area contributed by atoms with Crippen LogP contribution < -0.4 is 0 Å². The number of carboxylic acids is 1. The molecule has 0 amide bonds. The van der Waals surface area contributed by atoms with Crippen molar-refractivity contribution in [3.63, 3.8) is 0 Å². The maximum Gasteiger partial charge on any atom is 0.460 e. The Balaban J connectivity index is 2.42. The molecule has 6 heteroatoms. The van der Waals surface area contributed by atoms with Gasteiger partial charge >= 0.3 is 13.1 Å². The number of aliphatic hydroxyl groups excluding tert-OH is 1. The van der Waals surface area contributed by atoms with E-state index in [0.29, 0.717) is 12.8 Å². The zero-order chi connectivity index (χ0) is 10.7. The Morgan fingerprint density at radius 2 is 2.29 bits per heavy atom. The van der Waals surface area contributed by atoms with Crippen LogP contribution in [0.15, 0.2) is 0 Å². The molecule has 1 rings (SSSR count). The molecule has 0 aromatic heterocycles. The molecule has 1 heterocycles. The minimum absolute atomic E-state index is 0.0937. The smallest absolute Gasteiger partial charge is 0.460 e. The highest BCUT2D eigenvalue weighted by Crippen LogP contribution is 2.30. The summed E-state index contributed by atoms with van der Waals surface area (Å²) in [5, 5.41) is 27.2. The molecule has 0 saturated carbocycles. The fourth-order valence-electron chi connectivity index (χ4n) is 1.71. The van der Waals surface area contributed by atoms with Crippen molar-refractivity contribution in [1.29, 1.82) is 0 Å². The summed E-state index contributed by atoms with van der Waals surface area (Å²) in [6.07, 6.45) is 0.00697. The van der Waals surface area contributed by atoms with E-state index in [4.69, 9.17) is 9.76 Å². The van der Waals surface area contributed by atoms with Gasteiger partial charge in [0.25, 0.3) is 0 Å². The van der Waals surface area contributed by atoms with Gasteiger partial charge in [0.1, 0.15) is 0 Å². The van der Waals surface area contributed by atoms with Crippen LogP contribution in [0.2, 0.25) is 5.82 Å². The van der Waals surface area contributed by atoms with Gasteiger partial charge in [-0.1, -0.05) is 0 Å². The summed E-state index contributed by atoms with van der Waals surface area (Å²) in [6, 6.07) is 0. The third-order valence-electron chi connectivity index (χ3n) is 2.54. The molecule has 3 atom stereocenters. The van der Waals surface area contributed by atoms with Crippen LogP contribution >= 0.6 is 0 Å². The molecule has 0 aromatic carbocycles. The lowest BCUT2D eigenvalue weighted by molar-refractivity contribution is -0.139. The van der Waals surface area contributed by atoms with Crippen LogP contribution in [-0.2, 0) is 9.45 Å². The highest BCUT2D eigenvalue weighted by atomic mass is 16.5. The standard InChI is InChI=1S/C8H15BO5/c1-5(10)7-3-2-6(4-8(11)12)14-9(7)13/h5-7,10,13H,2-4H2,1H3,(H,11,12)/t5-,6+,7+/m1/s1. The largest absolute Gasteiger partial charge is 0.481 e. The van der Waals surface area contributed by atoms with Crippen LogP contribution in [0.25, 0.3) is 0 Å². The Morgan fingerprint density at radius 1 is 1.64 bits per heavy atom. The van der Waals surface area contributed by atoms with E-state index in [2.05, 4.69) is 0 Å². The van der Waals surface area contributed by atoms with Gasteiger partial charge in [0, 0.05) is 5.82 Å². The SMILES string of the molecule is C[C@@H](O)[C@@H]1CC[C@@H](CC(=O)O)OB1O. The molecule has 1 aliphatic heterocycles. The molecular formula is C8H15BO5. The molecule has 80 valence electrons. The number of aliphatic hydroxyl groups is 1. The van der Waals surface area contributed by atoms with Crippen molar-refractivity contribution in [3.05, 3.63) is 0 Å². The van der Waals surface area contributed by atoms with Gasteiger partial charge in [-0.15, -0.1) is 0 Å². The van der Waals surface area contributed by atoms with Crippen molar-refractivity contribution in [2.24, 2.45) is 0 Å². The molecule has 0 bridgehead atoms. The Labute approximate surface area is 82.8 Å². The van der Waals surface area contributed by atoms with Crippen molar-refractivity contribution in [2.45, 2.75) is 44.2 Å². The van der Waals surface area contributed by atoms with Gasteiger partial charge in [0.05, 0.1) is 18.6 Å². The third-order valence-corrected chi connectivity index (χ3v) is 2.54. The Bertz CT molecular complexity index is 208. The van der Waals surface area contributed by atoms with Crippen LogP contribution in [-0.4, -0.2) is 40.5 Å². The zero-order valence-corrected chi connectivity index (χ0v) is 8.09. The van der Waals surface area contributed by atoms with E-state index in [1.165, 1.54) is 0 Å². The van der Waals surface area contributed by atoms with Crippen molar-refractivity contribution < 1.29 is 24.7 Å². The van der Waals surface area contributed by atoms with Crippen LogP contribution in [0.5, 0.6) is 0 Å². The first-order valence-corrected chi connectivity index (χ1v) is 4.74. The van der Waals surface area contributed by atoms with Gasteiger partial charge in [-0.05, 0) is 19.8 Å². The molecule has 0 aliphatic carbocycles. The quantitative estimate of drug-likeness (QED) is 0.555. The maximum atomic E-state index is 10.4. The normalized spacial score (nSPS) is 30.1. The molecule has 0 radical (unpaired) electrons. The third kappa shape index (κ3) is 2.97. The number of rotatable bonds is 3. The number of hydrogen-bond donors (Lipinski definition) is 3. The number of carbonyl (C=O) groups is 1. The predicted octanol–water partition coefficient (Wildman–Crippen LogP) is -0.128. The van der Waals surface area contributed by atoms with Crippen molar-refractivity contribution in [3.8, 4) is 0 Å². The van der Waals surface area contributed by atoms with E-state index >= 15 is 0 Å². The van der Waals surface area contributed by atoms with Gasteiger partial charge in [0.15, 0.2) is 0 Å². The van der Waals surface area contributed by atoms with Crippen LogP contribution in [0.3, 0.4) is 0 Å². The number of aliphatic carboxylic acids is 1. The second kappa shape index (κ2) is 4.77. The summed E-state index contributed by atoms with van der Waals surface area (Å²) in [6.45, 7) is 1.59. The van der Waals surface area contributed by atoms with Gasteiger partial charge in [0.2, 0.25) is 0 Å². The topological polar surface area (TPSA) is 87.0 Å². The van der Waals surface area contributed by atoms with E-state index in [-0.39, 0.29) is 12.2 Å². The summed E-state index contributed by atoms with van der Waals surface area (Å²) in [7, 11) is -1.05. The molecule has 0 aromatic rings. The fraction of sp³-hybridized carbons (Fsp3) is 0.875. The van der Waals surface area contributed by atoms with Crippen LogP contribution in [0.4, 0.5) is 0 Å². The van der Waals surface area contributed by atoms with Crippen LogP contribution in [0, 0.1) is 0 Å².